The lowest BCUT2D eigenvalue weighted by atomic mass is 9.84. The number of urea groups is 1. The van der Waals surface area contributed by atoms with E-state index < -0.39 is 0 Å². The number of rotatable bonds is 9. The first-order valence-electron chi connectivity index (χ1n) is 15.5. The smallest absolute Gasteiger partial charge is 0.315 e. The molecule has 2 heterocycles. The molecular weight excluding hydrogens is 494 g/mol. The molecular formula is C35H43N3O2. The van der Waals surface area contributed by atoms with E-state index in [4.69, 9.17) is 0 Å². The summed E-state index contributed by atoms with van der Waals surface area (Å²) in [6.45, 7) is 5.27. The normalized spacial score (nSPS) is 24.6. The lowest BCUT2D eigenvalue weighted by molar-refractivity contribution is 0.0981. The van der Waals surface area contributed by atoms with Crippen LogP contribution in [0.15, 0.2) is 60.7 Å². The zero-order chi connectivity index (χ0) is 27.6. The van der Waals surface area contributed by atoms with Crippen LogP contribution in [0.25, 0.3) is 10.8 Å². The molecule has 0 aromatic heterocycles. The van der Waals surface area contributed by atoms with Crippen LogP contribution in [0.3, 0.4) is 0 Å². The monoisotopic (exact) mass is 537 g/mol. The van der Waals surface area contributed by atoms with Gasteiger partial charge in [0, 0.05) is 30.1 Å². The molecule has 3 aromatic rings. The molecule has 2 aliphatic heterocycles. The molecule has 2 bridgehead atoms. The Labute approximate surface area is 238 Å². The minimum Gasteiger partial charge on any atom is -0.335 e. The molecule has 5 heteroatoms. The van der Waals surface area contributed by atoms with Gasteiger partial charge >= 0.3 is 6.03 Å². The van der Waals surface area contributed by atoms with E-state index in [1.165, 1.54) is 54.0 Å². The van der Waals surface area contributed by atoms with E-state index in [1.54, 1.807) is 0 Å². The number of Topliss-reactive ketones (excluding diaryl/α,β-unsaturated/α-hetero) is 1. The Morgan fingerprint density at radius 1 is 0.900 bits per heavy atom. The molecule has 5 nitrogen and oxygen atoms in total. The summed E-state index contributed by atoms with van der Waals surface area (Å²) in [6, 6.07) is 22.3. The molecule has 1 saturated carbocycles. The van der Waals surface area contributed by atoms with Crippen LogP contribution in [0.4, 0.5) is 4.79 Å². The number of nitrogens with one attached hydrogen (secondary N) is 2. The second-order valence-electron chi connectivity index (χ2n) is 12.3. The van der Waals surface area contributed by atoms with Gasteiger partial charge in [-0.1, -0.05) is 61.5 Å². The van der Waals surface area contributed by atoms with E-state index in [1.807, 2.05) is 0 Å². The molecule has 1 aliphatic carbocycles. The van der Waals surface area contributed by atoms with Crippen LogP contribution in [0.1, 0.15) is 117 Å². The van der Waals surface area contributed by atoms with Crippen LogP contribution in [0, 0.1) is 5.92 Å². The average Bonchev–Trinajstić information content (AvgIpc) is 3.52. The van der Waals surface area contributed by atoms with E-state index in [0.29, 0.717) is 18.5 Å². The highest BCUT2D eigenvalue weighted by Crippen LogP contribution is 2.53. The number of carbonyl (C=O) groups is 2. The summed E-state index contributed by atoms with van der Waals surface area (Å²) in [6.07, 6.45) is 9.67. The number of hydrogen-bond acceptors (Lipinski definition) is 3. The average molecular weight is 538 g/mol. The van der Waals surface area contributed by atoms with Crippen molar-refractivity contribution in [2.45, 2.75) is 95.8 Å². The zero-order valence-electron chi connectivity index (χ0n) is 24.0. The van der Waals surface area contributed by atoms with Crippen LogP contribution < -0.4 is 10.6 Å². The fourth-order valence-electron chi connectivity index (χ4n) is 7.61. The number of ketones is 1. The Bertz CT molecular complexity index is 1370. The van der Waals surface area contributed by atoms with Crippen molar-refractivity contribution in [3.8, 4) is 0 Å². The summed E-state index contributed by atoms with van der Waals surface area (Å²) in [5, 5.41) is 8.82. The fraction of sp³-hybridized carbons (Fsp3) is 0.486. The van der Waals surface area contributed by atoms with Crippen molar-refractivity contribution in [2.24, 2.45) is 5.92 Å². The first-order valence-corrected chi connectivity index (χ1v) is 15.5. The molecule has 1 saturated heterocycles. The van der Waals surface area contributed by atoms with Crippen molar-refractivity contribution >= 4 is 22.6 Å². The largest absolute Gasteiger partial charge is 0.335 e. The van der Waals surface area contributed by atoms with Crippen molar-refractivity contribution < 1.29 is 9.59 Å². The van der Waals surface area contributed by atoms with E-state index >= 15 is 0 Å². The third kappa shape index (κ3) is 5.41. The van der Waals surface area contributed by atoms with Gasteiger partial charge < -0.3 is 10.6 Å². The van der Waals surface area contributed by atoms with Crippen LogP contribution in [-0.2, 0) is 0 Å². The van der Waals surface area contributed by atoms with Gasteiger partial charge in [-0.2, -0.15) is 0 Å². The molecule has 2 amide bonds. The summed E-state index contributed by atoms with van der Waals surface area (Å²) >= 11 is 0. The maximum atomic E-state index is 12.9. The van der Waals surface area contributed by atoms with Crippen LogP contribution in [0.5, 0.6) is 0 Å². The molecule has 3 aromatic carbocycles. The Kier molecular flexibility index (Phi) is 7.93. The lowest BCUT2D eigenvalue weighted by Gasteiger charge is -2.31. The Hall–Kier alpha value is -3.18. The molecule has 40 heavy (non-hydrogen) atoms. The van der Waals surface area contributed by atoms with Crippen LogP contribution in [0.2, 0.25) is 0 Å². The zero-order valence-corrected chi connectivity index (χ0v) is 24.0. The Morgan fingerprint density at radius 3 is 2.45 bits per heavy atom. The van der Waals surface area contributed by atoms with Crippen LogP contribution in [-0.4, -0.2) is 29.3 Å². The quantitative estimate of drug-likeness (QED) is 0.272. The molecule has 2 N–H and O–H groups in total. The van der Waals surface area contributed by atoms with E-state index in [-0.39, 0.29) is 23.9 Å². The highest BCUT2D eigenvalue weighted by Gasteiger charge is 2.43. The highest BCUT2D eigenvalue weighted by molar-refractivity contribution is 5.96. The van der Waals surface area contributed by atoms with Gasteiger partial charge in [0.05, 0.1) is 6.04 Å². The predicted octanol–water partition coefficient (Wildman–Crippen LogP) is 8.02. The molecule has 210 valence electrons. The van der Waals surface area contributed by atoms with Gasteiger partial charge in [-0.15, -0.1) is 0 Å². The minimum atomic E-state index is -0.0629. The first-order chi connectivity index (χ1) is 19.5. The fourth-order valence-corrected chi connectivity index (χ4v) is 7.61. The maximum Gasteiger partial charge on any atom is 0.315 e. The summed E-state index contributed by atoms with van der Waals surface area (Å²) < 4.78 is 0. The third-order valence-corrected chi connectivity index (χ3v) is 9.73. The topological polar surface area (TPSA) is 61.4 Å². The van der Waals surface area contributed by atoms with Crippen molar-refractivity contribution in [3.63, 3.8) is 0 Å². The third-order valence-electron chi connectivity index (χ3n) is 9.73. The van der Waals surface area contributed by atoms with E-state index in [0.717, 1.165) is 42.9 Å². The molecule has 6 rings (SSSR count). The lowest BCUT2D eigenvalue weighted by Crippen LogP contribution is -2.44. The molecule has 0 radical (unpaired) electrons. The van der Waals surface area contributed by atoms with Gasteiger partial charge in [0.2, 0.25) is 0 Å². The van der Waals surface area contributed by atoms with Gasteiger partial charge in [0.15, 0.2) is 5.78 Å². The SMILES string of the molecule is CCCC(=O)c1ccc2c(c1)[C@H]1CC[C@@H]2N1CCC1CCC(NC(=O)N[C@@H](C)c2cccc3ccccc23)CC1. The van der Waals surface area contributed by atoms with Crippen LogP contribution >= 0.6 is 0 Å². The molecule has 0 unspecified atom stereocenters. The van der Waals surface area contributed by atoms with E-state index in [2.05, 4.69) is 90.0 Å². The molecule has 2 fully saturated rings. The van der Waals surface area contributed by atoms with Gasteiger partial charge in [0.25, 0.3) is 0 Å². The number of benzene rings is 3. The van der Waals surface area contributed by atoms with Gasteiger partial charge in [-0.25, -0.2) is 4.79 Å². The molecule has 3 atom stereocenters. The number of carbonyl (C=O) groups excluding carboxylic acids is 2. The Balaban J connectivity index is 0.969. The number of nitrogens with zero attached hydrogens (tertiary/aromatic N) is 1. The van der Waals surface area contributed by atoms with Gasteiger partial charge in [0.1, 0.15) is 0 Å². The Morgan fingerprint density at radius 2 is 1.65 bits per heavy atom. The van der Waals surface area contributed by atoms with Crippen molar-refractivity contribution in [1.82, 2.24) is 15.5 Å². The van der Waals surface area contributed by atoms with E-state index in [9.17, 15) is 9.59 Å². The van der Waals surface area contributed by atoms with Gasteiger partial charge in [-0.05, 0) is 104 Å². The first kappa shape index (κ1) is 27.0. The van der Waals surface area contributed by atoms with Crippen molar-refractivity contribution in [1.29, 1.82) is 0 Å². The number of amides is 2. The summed E-state index contributed by atoms with van der Waals surface area (Å²) in [5.41, 5.74) is 4.92. The second kappa shape index (κ2) is 11.7. The molecule has 0 spiro atoms. The number of fused-ring (bicyclic) bond motifs is 6. The van der Waals surface area contributed by atoms with Crippen molar-refractivity contribution in [2.75, 3.05) is 6.54 Å². The highest BCUT2D eigenvalue weighted by atomic mass is 16.2. The predicted molar refractivity (Wildman–Crippen MR) is 161 cm³/mol. The maximum absolute atomic E-state index is 12.9. The minimum absolute atomic E-state index is 0.0526. The number of hydrogen-bond donors (Lipinski definition) is 2. The summed E-state index contributed by atoms with van der Waals surface area (Å²) in [4.78, 5) is 28.0. The van der Waals surface area contributed by atoms with Crippen molar-refractivity contribution in [3.05, 3.63) is 82.9 Å². The summed E-state index contributed by atoms with van der Waals surface area (Å²) in [5.74, 6) is 1.00. The molecule has 3 aliphatic rings. The standard InChI is InChI=1S/C35H43N3O2/c1-3-7-34(39)26-14-17-30-31(22-26)33-19-18-32(30)38(33)21-20-24-12-15-27(16-13-24)37-35(40)36-23(2)28-11-6-9-25-8-4-5-10-29(25)28/h4-6,8-11,14,17,22-24,27,32-33H,3,7,12-13,15-16,18-21H2,1-2H3,(H2,36,37,40)/t23-,24?,27?,32-,33+/m0/s1. The summed E-state index contributed by atoms with van der Waals surface area (Å²) in [7, 11) is 0. The van der Waals surface area contributed by atoms with Gasteiger partial charge in [-0.3, -0.25) is 9.69 Å². The second-order valence-corrected chi connectivity index (χ2v) is 12.3.